The minimum absolute atomic E-state index is 0.00863. The van der Waals surface area contributed by atoms with Gasteiger partial charge in [0.2, 0.25) is 5.91 Å². The number of carbonyl (C=O) groups excluding carboxylic acids is 1. The highest BCUT2D eigenvalue weighted by atomic mass is 16.1. The second-order valence-electron chi connectivity index (χ2n) is 7.04. The van der Waals surface area contributed by atoms with Gasteiger partial charge in [-0.15, -0.1) is 0 Å². The van der Waals surface area contributed by atoms with E-state index in [-0.39, 0.29) is 5.91 Å². The van der Waals surface area contributed by atoms with Crippen molar-refractivity contribution >= 4 is 11.6 Å². The summed E-state index contributed by atoms with van der Waals surface area (Å²) in [6.45, 7) is 7.27. The SMILES string of the molecule is Cc1nn(C)c(C)c1CC(=O)Nc1cccc(CN2CCCCC2)c1. The molecule has 0 unspecified atom stereocenters. The number of anilines is 1. The fourth-order valence-electron chi connectivity index (χ4n) is 3.56. The molecule has 0 aliphatic carbocycles. The Morgan fingerprint density at radius 2 is 1.96 bits per heavy atom. The van der Waals surface area contributed by atoms with Crippen LogP contribution in [0.4, 0.5) is 5.69 Å². The number of nitrogens with zero attached hydrogens (tertiary/aromatic N) is 3. The van der Waals surface area contributed by atoms with Crippen molar-refractivity contribution in [3.63, 3.8) is 0 Å². The van der Waals surface area contributed by atoms with Gasteiger partial charge in [0.05, 0.1) is 12.1 Å². The van der Waals surface area contributed by atoms with E-state index in [0.29, 0.717) is 6.42 Å². The molecular formula is C20H28N4O. The van der Waals surface area contributed by atoms with E-state index in [2.05, 4.69) is 27.4 Å². The van der Waals surface area contributed by atoms with Crippen molar-refractivity contribution in [1.82, 2.24) is 14.7 Å². The van der Waals surface area contributed by atoms with Gasteiger partial charge in [-0.05, 0) is 57.5 Å². The lowest BCUT2D eigenvalue weighted by atomic mass is 10.1. The summed E-state index contributed by atoms with van der Waals surface area (Å²) in [4.78, 5) is 14.9. The van der Waals surface area contributed by atoms with Crippen molar-refractivity contribution in [1.29, 1.82) is 0 Å². The zero-order chi connectivity index (χ0) is 17.8. The number of benzene rings is 1. The lowest BCUT2D eigenvalue weighted by Crippen LogP contribution is -2.29. The molecule has 134 valence electrons. The number of aryl methyl sites for hydroxylation is 2. The third-order valence-electron chi connectivity index (χ3n) is 5.06. The predicted molar refractivity (Wildman–Crippen MR) is 101 cm³/mol. The zero-order valence-corrected chi connectivity index (χ0v) is 15.5. The average Bonchev–Trinajstić information content (AvgIpc) is 2.82. The Kier molecular flexibility index (Phi) is 5.53. The number of hydrogen-bond donors (Lipinski definition) is 1. The zero-order valence-electron chi connectivity index (χ0n) is 15.5. The molecule has 25 heavy (non-hydrogen) atoms. The van der Waals surface area contributed by atoms with Gasteiger partial charge in [0.1, 0.15) is 0 Å². The van der Waals surface area contributed by atoms with Crippen molar-refractivity contribution in [2.75, 3.05) is 18.4 Å². The molecule has 0 spiro atoms. The first kappa shape index (κ1) is 17.7. The van der Waals surface area contributed by atoms with Crippen LogP contribution >= 0.6 is 0 Å². The fraction of sp³-hybridized carbons (Fsp3) is 0.500. The van der Waals surface area contributed by atoms with Gasteiger partial charge in [-0.2, -0.15) is 5.10 Å². The van der Waals surface area contributed by atoms with Gasteiger partial charge in [0.15, 0.2) is 0 Å². The monoisotopic (exact) mass is 340 g/mol. The van der Waals surface area contributed by atoms with Gasteiger partial charge in [-0.25, -0.2) is 0 Å². The van der Waals surface area contributed by atoms with E-state index in [4.69, 9.17) is 0 Å². The molecule has 0 atom stereocenters. The number of aromatic nitrogens is 2. The first-order valence-corrected chi connectivity index (χ1v) is 9.13. The Labute approximate surface area is 150 Å². The molecule has 1 fully saturated rings. The van der Waals surface area contributed by atoms with Crippen LogP contribution < -0.4 is 5.32 Å². The van der Waals surface area contributed by atoms with Crippen molar-refractivity contribution in [2.24, 2.45) is 7.05 Å². The van der Waals surface area contributed by atoms with E-state index in [1.165, 1.54) is 37.9 Å². The Morgan fingerprint density at radius 3 is 2.64 bits per heavy atom. The van der Waals surface area contributed by atoms with E-state index in [1.54, 1.807) is 0 Å². The van der Waals surface area contributed by atoms with Crippen LogP contribution in [0.3, 0.4) is 0 Å². The summed E-state index contributed by atoms with van der Waals surface area (Å²) in [6, 6.07) is 8.21. The highest BCUT2D eigenvalue weighted by molar-refractivity contribution is 5.92. The number of amides is 1. The molecule has 0 saturated carbocycles. The number of piperidine rings is 1. The molecule has 2 heterocycles. The molecular weight excluding hydrogens is 312 g/mol. The quantitative estimate of drug-likeness (QED) is 0.909. The maximum absolute atomic E-state index is 12.4. The molecule has 0 radical (unpaired) electrons. The molecule has 5 heteroatoms. The number of likely N-dealkylation sites (tertiary alicyclic amines) is 1. The van der Waals surface area contributed by atoms with E-state index in [9.17, 15) is 4.79 Å². The summed E-state index contributed by atoms with van der Waals surface area (Å²) in [5.41, 5.74) is 5.12. The molecule has 2 aromatic rings. The van der Waals surface area contributed by atoms with Crippen molar-refractivity contribution in [2.45, 2.75) is 46.1 Å². The van der Waals surface area contributed by atoms with Gasteiger partial charge in [-0.1, -0.05) is 18.6 Å². The number of hydrogen-bond acceptors (Lipinski definition) is 3. The van der Waals surface area contributed by atoms with E-state index in [0.717, 1.165) is 29.2 Å². The number of nitrogens with one attached hydrogen (secondary N) is 1. The summed E-state index contributed by atoms with van der Waals surface area (Å²) in [6.07, 6.45) is 4.29. The van der Waals surface area contributed by atoms with Crippen LogP contribution in [0.1, 0.15) is 41.8 Å². The van der Waals surface area contributed by atoms with Crippen LogP contribution in [0.15, 0.2) is 24.3 Å². The molecule has 1 aromatic carbocycles. The second kappa shape index (κ2) is 7.83. The normalized spacial score (nSPS) is 15.3. The van der Waals surface area contributed by atoms with Gasteiger partial charge >= 0.3 is 0 Å². The van der Waals surface area contributed by atoms with E-state index >= 15 is 0 Å². The van der Waals surface area contributed by atoms with Crippen LogP contribution in [0.2, 0.25) is 0 Å². The largest absolute Gasteiger partial charge is 0.326 e. The summed E-state index contributed by atoms with van der Waals surface area (Å²) >= 11 is 0. The summed E-state index contributed by atoms with van der Waals surface area (Å²) < 4.78 is 1.83. The van der Waals surface area contributed by atoms with E-state index < -0.39 is 0 Å². The van der Waals surface area contributed by atoms with Crippen LogP contribution in [-0.4, -0.2) is 33.7 Å². The lowest BCUT2D eigenvalue weighted by Gasteiger charge is -2.26. The molecule has 1 aromatic heterocycles. The van der Waals surface area contributed by atoms with Gasteiger partial charge in [0, 0.05) is 30.5 Å². The molecule has 1 aliphatic heterocycles. The standard InChI is InChI=1S/C20H28N4O/c1-15-19(16(2)23(3)22-15)13-20(25)21-18-9-7-8-17(12-18)14-24-10-5-4-6-11-24/h7-9,12H,4-6,10-11,13-14H2,1-3H3,(H,21,25). The Hall–Kier alpha value is -2.14. The highest BCUT2D eigenvalue weighted by Gasteiger charge is 2.14. The molecule has 3 rings (SSSR count). The van der Waals surface area contributed by atoms with Crippen molar-refractivity contribution in [3.8, 4) is 0 Å². The molecule has 1 amide bonds. The van der Waals surface area contributed by atoms with Crippen LogP contribution in [0, 0.1) is 13.8 Å². The van der Waals surface area contributed by atoms with Crippen LogP contribution in [0.5, 0.6) is 0 Å². The first-order chi connectivity index (χ1) is 12.0. The third-order valence-corrected chi connectivity index (χ3v) is 5.06. The Bertz CT molecular complexity index is 744. The van der Waals surface area contributed by atoms with Gasteiger partial charge < -0.3 is 5.32 Å². The summed E-state index contributed by atoms with van der Waals surface area (Å²) in [5.74, 6) is 0.00863. The molecule has 1 N–H and O–H groups in total. The maximum atomic E-state index is 12.4. The molecule has 5 nitrogen and oxygen atoms in total. The number of carbonyl (C=O) groups is 1. The van der Waals surface area contributed by atoms with Gasteiger partial charge in [0.25, 0.3) is 0 Å². The second-order valence-corrected chi connectivity index (χ2v) is 7.04. The predicted octanol–water partition coefficient (Wildman–Crippen LogP) is 3.20. The Morgan fingerprint density at radius 1 is 1.20 bits per heavy atom. The first-order valence-electron chi connectivity index (χ1n) is 9.13. The average molecular weight is 340 g/mol. The molecule has 1 aliphatic rings. The minimum Gasteiger partial charge on any atom is -0.326 e. The highest BCUT2D eigenvalue weighted by Crippen LogP contribution is 2.17. The topological polar surface area (TPSA) is 50.2 Å². The summed E-state index contributed by atoms with van der Waals surface area (Å²) in [7, 11) is 1.91. The molecule has 1 saturated heterocycles. The Balaban J connectivity index is 1.62. The van der Waals surface area contributed by atoms with Gasteiger partial charge in [-0.3, -0.25) is 14.4 Å². The van der Waals surface area contributed by atoms with Crippen molar-refractivity contribution < 1.29 is 4.79 Å². The van der Waals surface area contributed by atoms with E-state index in [1.807, 2.05) is 37.7 Å². The minimum atomic E-state index is 0.00863. The lowest BCUT2D eigenvalue weighted by molar-refractivity contribution is -0.115. The maximum Gasteiger partial charge on any atom is 0.228 e. The van der Waals surface area contributed by atoms with Crippen LogP contribution in [-0.2, 0) is 24.8 Å². The molecule has 0 bridgehead atoms. The summed E-state index contributed by atoms with van der Waals surface area (Å²) in [5, 5.41) is 7.42. The van der Waals surface area contributed by atoms with Crippen LogP contribution in [0.25, 0.3) is 0 Å². The number of rotatable bonds is 5. The fourth-order valence-corrected chi connectivity index (χ4v) is 3.56. The smallest absolute Gasteiger partial charge is 0.228 e. The third kappa shape index (κ3) is 4.48. The van der Waals surface area contributed by atoms with Crippen molar-refractivity contribution in [3.05, 3.63) is 46.8 Å².